The zero-order valence-electron chi connectivity index (χ0n) is 12.5. The molecule has 1 aromatic rings. The standard InChI is InChI=1S/C16H24O4/c1-17-11-15-16(19-3)14(18-2)10-13(20-15)9-12-7-5-4-6-8-12/h4-8,13-16H,9-11H2,1-3H3/t13-,14+,15+,16-/m0/s1. The molecule has 0 aromatic heterocycles. The molecule has 20 heavy (non-hydrogen) atoms. The van der Waals surface area contributed by atoms with Crippen molar-refractivity contribution in [1.82, 2.24) is 0 Å². The van der Waals surface area contributed by atoms with Gasteiger partial charge in [0.15, 0.2) is 0 Å². The Kier molecular flexibility index (Phi) is 5.98. The summed E-state index contributed by atoms with van der Waals surface area (Å²) in [5.41, 5.74) is 1.28. The fraction of sp³-hybridized carbons (Fsp3) is 0.625. The van der Waals surface area contributed by atoms with Crippen molar-refractivity contribution >= 4 is 0 Å². The van der Waals surface area contributed by atoms with Crippen LogP contribution in [0.1, 0.15) is 12.0 Å². The lowest BCUT2D eigenvalue weighted by molar-refractivity contribution is -0.198. The summed E-state index contributed by atoms with van der Waals surface area (Å²) in [7, 11) is 5.10. The molecule has 0 N–H and O–H groups in total. The van der Waals surface area contributed by atoms with Crippen molar-refractivity contribution in [2.45, 2.75) is 37.3 Å². The molecule has 0 spiro atoms. The topological polar surface area (TPSA) is 36.9 Å². The molecular formula is C16H24O4. The maximum absolute atomic E-state index is 6.14. The number of rotatable bonds is 6. The van der Waals surface area contributed by atoms with E-state index in [1.165, 1.54) is 5.56 Å². The van der Waals surface area contributed by atoms with Crippen LogP contribution in [-0.2, 0) is 25.4 Å². The van der Waals surface area contributed by atoms with Gasteiger partial charge in [-0.3, -0.25) is 0 Å². The molecule has 1 heterocycles. The predicted molar refractivity (Wildman–Crippen MR) is 76.9 cm³/mol. The summed E-state index contributed by atoms with van der Waals surface area (Å²) in [6.07, 6.45) is 1.74. The van der Waals surface area contributed by atoms with Crippen LogP contribution in [0.25, 0.3) is 0 Å². The second-order valence-corrected chi connectivity index (χ2v) is 5.15. The van der Waals surface area contributed by atoms with Crippen molar-refractivity contribution in [3.05, 3.63) is 35.9 Å². The second-order valence-electron chi connectivity index (χ2n) is 5.15. The molecule has 0 unspecified atom stereocenters. The average Bonchev–Trinajstić information content (AvgIpc) is 2.48. The molecule has 1 saturated heterocycles. The fourth-order valence-corrected chi connectivity index (χ4v) is 2.85. The first-order valence-electron chi connectivity index (χ1n) is 7.02. The molecule has 0 radical (unpaired) electrons. The first-order valence-corrected chi connectivity index (χ1v) is 7.02. The van der Waals surface area contributed by atoms with E-state index < -0.39 is 0 Å². The van der Waals surface area contributed by atoms with E-state index in [-0.39, 0.29) is 24.4 Å². The normalized spacial score (nSPS) is 30.4. The van der Waals surface area contributed by atoms with Gasteiger partial charge in [-0.2, -0.15) is 0 Å². The summed E-state index contributed by atoms with van der Waals surface area (Å²) >= 11 is 0. The molecule has 1 fully saturated rings. The van der Waals surface area contributed by atoms with Crippen LogP contribution in [0, 0.1) is 0 Å². The van der Waals surface area contributed by atoms with Crippen LogP contribution in [0.5, 0.6) is 0 Å². The van der Waals surface area contributed by atoms with Crippen LogP contribution in [0.4, 0.5) is 0 Å². The van der Waals surface area contributed by atoms with Gasteiger partial charge in [0.1, 0.15) is 12.2 Å². The van der Waals surface area contributed by atoms with Crippen LogP contribution in [-0.4, -0.2) is 52.4 Å². The number of benzene rings is 1. The van der Waals surface area contributed by atoms with Gasteiger partial charge in [-0.25, -0.2) is 0 Å². The Morgan fingerprint density at radius 3 is 2.45 bits per heavy atom. The Labute approximate surface area is 121 Å². The molecule has 1 aromatic carbocycles. The van der Waals surface area contributed by atoms with Gasteiger partial charge in [0.25, 0.3) is 0 Å². The maximum Gasteiger partial charge on any atom is 0.112 e. The number of hydrogen-bond donors (Lipinski definition) is 0. The van der Waals surface area contributed by atoms with Crippen molar-refractivity contribution < 1.29 is 18.9 Å². The van der Waals surface area contributed by atoms with Gasteiger partial charge >= 0.3 is 0 Å². The summed E-state index contributed by atoms with van der Waals surface area (Å²) in [5.74, 6) is 0. The largest absolute Gasteiger partial charge is 0.382 e. The fourth-order valence-electron chi connectivity index (χ4n) is 2.85. The summed E-state index contributed by atoms with van der Waals surface area (Å²) < 4.78 is 22.5. The lowest BCUT2D eigenvalue weighted by Gasteiger charge is -2.40. The SMILES string of the molecule is COC[C@H]1O[C@@H](Cc2ccccc2)C[C@@H](OC)[C@@H]1OC. The highest BCUT2D eigenvalue weighted by Gasteiger charge is 2.39. The van der Waals surface area contributed by atoms with Gasteiger partial charge in [0, 0.05) is 27.8 Å². The molecule has 112 valence electrons. The highest BCUT2D eigenvalue weighted by atomic mass is 16.6. The Morgan fingerprint density at radius 2 is 1.85 bits per heavy atom. The molecular weight excluding hydrogens is 256 g/mol. The zero-order valence-corrected chi connectivity index (χ0v) is 12.5. The quantitative estimate of drug-likeness (QED) is 0.799. The summed E-state index contributed by atoms with van der Waals surface area (Å²) in [6, 6.07) is 10.4. The van der Waals surface area contributed by atoms with Gasteiger partial charge in [-0.15, -0.1) is 0 Å². The van der Waals surface area contributed by atoms with Gasteiger partial charge < -0.3 is 18.9 Å². The number of methoxy groups -OCH3 is 3. The van der Waals surface area contributed by atoms with E-state index in [0.29, 0.717) is 6.61 Å². The van der Waals surface area contributed by atoms with E-state index in [1.807, 2.05) is 6.07 Å². The summed E-state index contributed by atoms with van der Waals surface area (Å²) in [5, 5.41) is 0. The molecule has 0 saturated carbocycles. The number of hydrogen-bond acceptors (Lipinski definition) is 4. The molecule has 0 bridgehead atoms. The highest BCUT2D eigenvalue weighted by Crippen LogP contribution is 2.26. The Bertz CT molecular complexity index is 381. The average molecular weight is 280 g/mol. The molecule has 4 atom stereocenters. The van der Waals surface area contributed by atoms with Gasteiger partial charge in [0.05, 0.1) is 18.8 Å². The molecule has 1 aliphatic heterocycles. The van der Waals surface area contributed by atoms with Crippen molar-refractivity contribution in [2.75, 3.05) is 27.9 Å². The monoisotopic (exact) mass is 280 g/mol. The molecule has 2 rings (SSSR count). The van der Waals surface area contributed by atoms with Crippen LogP contribution in [0.3, 0.4) is 0 Å². The lowest BCUT2D eigenvalue weighted by Crippen LogP contribution is -2.52. The van der Waals surface area contributed by atoms with E-state index in [2.05, 4.69) is 24.3 Å². The minimum Gasteiger partial charge on any atom is -0.382 e. The maximum atomic E-state index is 6.14. The molecule has 4 nitrogen and oxygen atoms in total. The van der Waals surface area contributed by atoms with E-state index in [1.54, 1.807) is 21.3 Å². The van der Waals surface area contributed by atoms with Crippen molar-refractivity contribution in [1.29, 1.82) is 0 Å². The molecule has 1 aliphatic rings. The summed E-state index contributed by atoms with van der Waals surface area (Å²) in [4.78, 5) is 0. The van der Waals surface area contributed by atoms with Crippen LogP contribution < -0.4 is 0 Å². The Morgan fingerprint density at radius 1 is 1.10 bits per heavy atom. The van der Waals surface area contributed by atoms with Gasteiger partial charge in [0.2, 0.25) is 0 Å². The smallest absolute Gasteiger partial charge is 0.112 e. The molecule has 0 aliphatic carbocycles. The van der Waals surface area contributed by atoms with Crippen LogP contribution in [0.2, 0.25) is 0 Å². The summed E-state index contributed by atoms with van der Waals surface area (Å²) in [6.45, 7) is 0.518. The predicted octanol–water partition coefficient (Wildman–Crippen LogP) is 2.06. The first kappa shape index (κ1) is 15.4. The third kappa shape index (κ3) is 3.79. The van der Waals surface area contributed by atoms with Crippen molar-refractivity contribution in [3.8, 4) is 0 Å². The first-order chi connectivity index (χ1) is 9.78. The van der Waals surface area contributed by atoms with Gasteiger partial charge in [-0.05, 0) is 12.0 Å². The minimum absolute atomic E-state index is 0.0441. The van der Waals surface area contributed by atoms with Crippen molar-refractivity contribution in [2.24, 2.45) is 0 Å². The third-order valence-electron chi connectivity index (χ3n) is 3.81. The van der Waals surface area contributed by atoms with E-state index >= 15 is 0 Å². The van der Waals surface area contributed by atoms with E-state index in [9.17, 15) is 0 Å². The number of ether oxygens (including phenoxy) is 4. The molecule has 0 amide bonds. The van der Waals surface area contributed by atoms with E-state index in [0.717, 1.165) is 12.8 Å². The van der Waals surface area contributed by atoms with Gasteiger partial charge in [-0.1, -0.05) is 30.3 Å². The Balaban J connectivity index is 2.04. The minimum atomic E-state index is -0.0857. The van der Waals surface area contributed by atoms with Crippen molar-refractivity contribution in [3.63, 3.8) is 0 Å². The second kappa shape index (κ2) is 7.74. The third-order valence-corrected chi connectivity index (χ3v) is 3.81. The van der Waals surface area contributed by atoms with Crippen LogP contribution in [0.15, 0.2) is 30.3 Å². The van der Waals surface area contributed by atoms with E-state index in [4.69, 9.17) is 18.9 Å². The molecule has 4 heteroatoms. The zero-order chi connectivity index (χ0) is 14.4. The Hall–Kier alpha value is -0.940. The highest BCUT2D eigenvalue weighted by molar-refractivity contribution is 5.15. The lowest BCUT2D eigenvalue weighted by atomic mass is 9.94. The van der Waals surface area contributed by atoms with Crippen LogP contribution >= 0.6 is 0 Å².